The molecule has 1 aromatic heterocycles. The number of nitrogens with one attached hydrogen (secondary N) is 1. The second-order valence-electron chi connectivity index (χ2n) is 4.65. The normalized spacial score (nSPS) is 12.8. The Morgan fingerprint density at radius 2 is 2.15 bits per heavy atom. The number of thiophene rings is 1. The van der Waals surface area contributed by atoms with E-state index in [4.69, 9.17) is 9.84 Å². The number of aliphatic carboxylic acids is 1. The van der Waals surface area contributed by atoms with Crippen LogP contribution >= 0.6 is 11.3 Å². The van der Waals surface area contributed by atoms with Crippen molar-refractivity contribution in [2.24, 2.45) is 5.92 Å². The molecule has 1 atom stereocenters. The van der Waals surface area contributed by atoms with Crippen LogP contribution < -0.4 is 5.32 Å². The van der Waals surface area contributed by atoms with Gasteiger partial charge in [-0.1, -0.05) is 13.8 Å². The lowest BCUT2D eigenvalue weighted by atomic mass is 10.1. The number of hydrogen-bond donors (Lipinski definition) is 2. The van der Waals surface area contributed by atoms with E-state index in [0.29, 0.717) is 11.5 Å². The molecule has 2 N–H and O–H groups in total. The van der Waals surface area contributed by atoms with Gasteiger partial charge in [-0.25, -0.2) is 4.79 Å². The molecular weight excluding hydrogens is 278 g/mol. The fraction of sp³-hybridized carbons (Fsp3) is 0.429. The second-order valence-corrected chi connectivity index (χ2v) is 5.77. The molecule has 5 nitrogen and oxygen atoms in total. The van der Waals surface area contributed by atoms with Gasteiger partial charge >= 0.3 is 5.97 Å². The van der Waals surface area contributed by atoms with Gasteiger partial charge in [0, 0.05) is 18.1 Å². The minimum atomic E-state index is -1.01. The van der Waals surface area contributed by atoms with Gasteiger partial charge in [-0.3, -0.25) is 4.79 Å². The van der Waals surface area contributed by atoms with Gasteiger partial charge in [-0.2, -0.15) is 0 Å². The van der Waals surface area contributed by atoms with Crippen LogP contribution in [-0.2, 0) is 9.53 Å². The molecular formula is C14H19NO4S. The molecule has 1 amide bonds. The fourth-order valence-electron chi connectivity index (χ4n) is 1.54. The number of carboxylic acids is 1. The van der Waals surface area contributed by atoms with Gasteiger partial charge in [0.15, 0.2) is 0 Å². The highest BCUT2D eigenvalue weighted by Gasteiger charge is 2.17. The van der Waals surface area contributed by atoms with Crippen LogP contribution in [0.3, 0.4) is 0 Å². The smallest absolute Gasteiger partial charge is 0.328 e. The molecule has 0 saturated carbocycles. The van der Waals surface area contributed by atoms with Crippen LogP contribution in [0, 0.1) is 5.92 Å². The van der Waals surface area contributed by atoms with Crippen molar-refractivity contribution < 1.29 is 19.4 Å². The Kier molecular flexibility index (Phi) is 6.41. The van der Waals surface area contributed by atoms with E-state index in [2.05, 4.69) is 5.32 Å². The van der Waals surface area contributed by atoms with E-state index in [-0.39, 0.29) is 17.9 Å². The number of ether oxygens (including phenoxy) is 1. The molecule has 0 bridgehead atoms. The number of methoxy groups -OCH3 is 1. The van der Waals surface area contributed by atoms with Gasteiger partial charge in [-0.15, -0.1) is 11.3 Å². The Morgan fingerprint density at radius 1 is 1.45 bits per heavy atom. The van der Waals surface area contributed by atoms with E-state index in [9.17, 15) is 9.59 Å². The summed E-state index contributed by atoms with van der Waals surface area (Å²) in [5.41, 5.74) is 0. The number of carboxylic acid groups (broad SMARTS) is 1. The van der Waals surface area contributed by atoms with Crippen molar-refractivity contribution in [3.8, 4) is 0 Å². The summed E-state index contributed by atoms with van der Waals surface area (Å²) < 4.78 is 5.08. The van der Waals surface area contributed by atoms with Crippen LogP contribution in [0.15, 0.2) is 18.2 Å². The predicted molar refractivity (Wildman–Crippen MR) is 79.0 cm³/mol. The lowest BCUT2D eigenvalue weighted by Crippen LogP contribution is -2.41. The zero-order chi connectivity index (χ0) is 15.1. The third kappa shape index (κ3) is 5.14. The lowest BCUT2D eigenvalue weighted by molar-refractivity contribution is -0.131. The van der Waals surface area contributed by atoms with Gasteiger partial charge in [0.2, 0.25) is 0 Å². The minimum absolute atomic E-state index is 0.0485. The molecule has 20 heavy (non-hydrogen) atoms. The first-order chi connectivity index (χ1) is 9.43. The zero-order valence-electron chi connectivity index (χ0n) is 11.8. The zero-order valence-corrected chi connectivity index (χ0v) is 12.6. The molecule has 0 aromatic carbocycles. The van der Waals surface area contributed by atoms with Gasteiger partial charge in [0.25, 0.3) is 5.91 Å². The first-order valence-corrected chi connectivity index (χ1v) is 7.06. The lowest BCUT2D eigenvalue weighted by Gasteiger charge is -2.21. The average Bonchev–Trinajstić information content (AvgIpc) is 2.84. The van der Waals surface area contributed by atoms with Crippen LogP contribution in [0.2, 0.25) is 0 Å². The summed E-state index contributed by atoms with van der Waals surface area (Å²) in [5.74, 6) is -0.907. The van der Waals surface area contributed by atoms with Crippen molar-refractivity contribution in [3.05, 3.63) is 28.0 Å². The maximum absolute atomic E-state index is 12.1. The fourth-order valence-corrected chi connectivity index (χ4v) is 2.35. The minimum Gasteiger partial charge on any atom is -0.478 e. The molecule has 0 spiro atoms. The van der Waals surface area contributed by atoms with Crippen molar-refractivity contribution in [1.29, 1.82) is 0 Å². The molecule has 1 heterocycles. The summed E-state index contributed by atoms with van der Waals surface area (Å²) in [6.45, 7) is 4.49. The maximum atomic E-state index is 12.1. The Hall–Kier alpha value is -1.66. The van der Waals surface area contributed by atoms with E-state index in [1.807, 2.05) is 13.8 Å². The monoisotopic (exact) mass is 297 g/mol. The Bertz CT molecular complexity index is 493. The van der Waals surface area contributed by atoms with Gasteiger partial charge in [-0.05, 0) is 24.1 Å². The van der Waals surface area contributed by atoms with Crippen LogP contribution in [-0.4, -0.2) is 36.7 Å². The van der Waals surface area contributed by atoms with E-state index in [0.717, 1.165) is 11.0 Å². The summed E-state index contributed by atoms with van der Waals surface area (Å²) in [5, 5.41) is 11.5. The maximum Gasteiger partial charge on any atom is 0.328 e. The molecule has 0 aliphatic heterocycles. The molecule has 0 saturated heterocycles. The molecule has 1 unspecified atom stereocenters. The van der Waals surface area contributed by atoms with E-state index in [1.54, 1.807) is 19.2 Å². The summed E-state index contributed by atoms with van der Waals surface area (Å²) in [6, 6.07) is 3.36. The van der Waals surface area contributed by atoms with Crippen LogP contribution in [0.1, 0.15) is 28.4 Å². The van der Waals surface area contributed by atoms with E-state index >= 15 is 0 Å². The average molecular weight is 297 g/mol. The number of rotatable bonds is 7. The Labute approximate surface area is 122 Å². The number of amides is 1. The summed E-state index contributed by atoms with van der Waals surface area (Å²) >= 11 is 1.25. The highest BCUT2D eigenvalue weighted by molar-refractivity contribution is 7.14. The first-order valence-electron chi connectivity index (χ1n) is 6.24. The van der Waals surface area contributed by atoms with Gasteiger partial charge in [0.05, 0.1) is 17.5 Å². The van der Waals surface area contributed by atoms with Crippen LogP contribution in [0.5, 0.6) is 0 Å². The van der Waals surface area contributed by atoms with Crippen molar-refractivity contribution in [2.45, 2.75) is 19.9 Å². The van der Waals surface area contributed by atoms with Gasteiger partial charge < -0.3 is 15.2 Å². The molecule has 0 aliphatic carbocycles. The summed E-state index contributed by atoms with van der Waals surface area (Å²) in [7, 11) is 1.60. The van der Waals surface area contributed by atoms with Crippen molar-refractivity contribution in [3.63, 3.8) is 0 Å². The molecule has 0 aliphatic rings. The summed E-state index contributed by atoms with van der Waals surface area (Å²) in [6.07, 6.45) is 2.52. The number of carbonyl (C=O) groups excluding carboxylic acids is 1. The first kappa shape index (κ1) is 16.4. The topological polar surface area (TPSA) is 75.6 Å². The number of hydrogen-bond acceptors (Lipinski definition) is 4. The molecule has 6 heteroatoms. The molecule has 1 aromatic rings. The SMILES string of the molecule is COCC(NC(=O)c1ccc(C=CC(=O)O)s1)C(C)C. The number of carbonyl (C=O) groups is 2. The Morgan fingerprint density at radius 3 is 2.70 bits per heavy atom. The van der Waals surface area contributed by atoms with Crippen molar-refractivity contribution in [2.75, 3.05) is 13.7 Å². The van der Waals surface area contributed by atoms with Crippen molar-refractivity contribution in [1.82, 2.24) is 5.32 Å². The molecule has 110 valence electrons. The quantitative estimate of drug-likeness (QED) is 0.757. The Balaban J connectivity index is 2.70. The van der Waals surface area contributed by atoms with Crippen LogP contribution in [0.25, 0.3) is 6.08 Å². The summed E-state index contributed by atoms with van der Waals surface area (Å²) in [4.78, 5) is 23.8. The third-order valence-corrected chi connectivity index (χ3v) is 3.76. The van der Waals surface area contributed by atoms with Crippen LogP contribution in [0.4, 0.5) is 0 Å². The molecule has 0 fully saturated rings. The van der Waals surface area contributed by atoms with E-state index < -0.39 is 5.97 Å². The standard InChI is InChI=1S/C14H19NO4S/c1-9(2)11(8-19-3)15-14(18)12-6-4-10(20-12)5-7-13(16)17/h4-7,9,11H,8H2,1-3H3,(H,15,18)(H,16,17). The largest absolute Gasteiger partial charge is 0.478 e. The highest BCUT2D eigenvalue weighted by Crippen LogP contribution is 2.18. The second kappa shape index (κ2) is 7.81. The third-order valence-electron chi connectivity index (χ3n) is 2.71. The van der Waals surface area contributed by atoms with Crippen molar-refractivity contribution >= 4 is 29.3 Å². The van der Waals surface area contributed by atoms with Gasteiger partial charge in [0.1, 0.15) is 0 Å². The highest BCUT2D eigenvalue weighted by atomic mass is 32.1. The van der Waals surface area contributed by atoms with E-state index in [1.165, 1.54) is 17.4 Å². The molecule has 0 radical (unpaired) electrons. The molecule has 1 rings (SSSR count). The predicted octanol–water partition coefficient (Wildman–Crippen LogP) is 2.25.